The summed E-state index contributed by atoms with van der Waals surface area (Å²) >= 11 is 11.0. The predicted octanol–water partition coefficient (Wildman–Crippen LogP) is 4.41. The van der Waals surface area contributed by atoms with Gasteiger partial charge in [0.05, 0.1) is 41.6 Å². The van der Waals surface area contributed by atoms with Crippen LogP contribution in [0.3, 0.4) is 0 Å². The number of hydrogen-bond donors (Lipinski definition) is 0. The highest BCUT2D eigenvalue weighted by Crippen LogP contribution is 2.38. The molecule has 4 rings (SSSR count). The van der Waals surface area contributed by atoms with Crippen molar-refractivity contribution in [1.82, 2.24) is 4.57 Å². The number of ether oxygens (including phenoxy) is 4. The summed E-state index contributed by atoms with van der Waals surface area (Å²) in [4.78, 5) is 31.8. The number of esters is 1. The molecule has 1 aromatic heterocycles. The monoisotopic (exact) mass is 618 g/mol. The summed E-state index contributed by atoms with van der Waals surface area (Å²) in [5.74, 6) is 0.883. The molecule has 0 spiro atoms. The Labute approximate surface area is 236 Å². The molecule has 2 aromatic carbocycles. The summed E-state index contributed by atoms with van der Waals surface area (Å²) in [5.41, 5.74) is 1.56. The average molecular weight is 620 g/mol. The zero-order valence-corrected chi connectivity index (χ0v) is 24.2. The molecule has 11 heteroatoms. The minimum absolute atomic E-state index is 0.222. The van der Waals surface area contributed by atoms with E-state index in [0.717, 1.165) is 0 Å². The second kappa shape index (κ2) is 11.6. The first-order valence-electron chi connectivity index (χ1n) is 11.3. The molecule has 0 N–H and O–H groups in total. The van der Waals surface area contributed by atoms with E-state index in [2.05, 4.69) is 27.5 Å². The third-order valence-corrected chi connectivity index (χ3v) is 7.62. The summed E-state index contributed by atoms with van der Waals surface area (Å²) in [5, 5.41) is 0.428. The van der Waals surface area contributed by atoms with Crippen LogP contribution >= 0.6 is 38.9 Å². The quantitative estimate of drug-likeness (QED) is 0.274. The van der Waals surface area contributed by atoms with E-state index >= 15 is 0 Å². The number of carbonyl (C=O) groups is 1. The van der Waals surface area contributed by atoms with Gasteiger partial charge in [-0.05, 0) is 64.8 Å². The maximum atomic E-state index is 13.9. The molecule has 1 aliphatic rings. The Morgan fingerprint density at radius 1 is 1.21 bits per heavy atom. The van der Waals surface area contributed by atoms with Gasteiger partial charge in [-0.2, -0.15) is 0 Å². The van der Waals surface area contributed by atoms with E-state index in [9.17, 15) is 9.59 Å². The van der Waals surface area contributed by atoms with Crippen LogP contribution in [0.1, 0.15) is 24.1 Å². The summed E-state index contributed by atoms with van der Waals surface area (Å²) in [6.07, 6.45) is 3.37. The van der Waals surface area contributed by atoms with Gasteiger partial charge >= 0.3 is 5.97 Å². The molecule has 3 aromatic rings. The molecule has 0 amide bonds. The molecule has 0 bridgehead atoms. The molecule has 0 unspecified atom stereocenters. The highest BCUT2D eigenvalue weighted by Gasteiger charge is 2.35. The maximum absolute atomic E-state index is 13.9. The van der Waals surface area contributed by atoms with E-state index in [1.807, 2.05) is 6.07 Å². The zero-order chi connectivity index (χ0) is 27.6. The van der Waals surface area contributed by atoms with Crippen LogP contribution in [0.25, 0.3) is 6.08 Å². The van der Waals surface area contributed by atoms with Crippen LogP contribution in [-0.4, -0.2) is 38.5 Å². The minimum atomic E-state index is -0.856. The fraction of sp³-hybridized carbons (Fsp3) is 0.222. The van der Waals surface area contributed by atoms with Gasteiger partial charge in [0, 0.05) is 10.6 Å². The highest BCUT2D eigenvalue weighted by molar-refractivity contribution is 9.10. The van der Waals surface area contributed by atoms with Gasteiger partial charge in [0.25, 0.3) is 5.56 Å². The molecule has 0 radical (unpaired) electrons. The number of rotatable bonds is 8. The van der Waals surface area contributed by atoms with E-state index in [0.29, 0.717) is 59.5 Å². The Balaban J connectivity index is 1.96. The van der Waals surface area contributed by atoms with Crippen molar-refractivity contribution in [3.63, 3.8) is 0 Å². The van der Waals surface area contributed by atoms with Gasteiger partial charge in [-0.25, -0.2) is 9.79 Å². The number of halogens is 2. The number of allylic oxidation sites excluding steroid dienone is 1. The standard InChI is InChI=1S/C27H24BrClN2O6S/c1-6-9-37-24-18(28)10-15(11-20(24)35-4)12-21-25(32)31-23(17-13-16(29)7-8-19(17)34-3)22(26(33)36-5)14(2)30-27(31)38-21/h6-8,10-13,23H,1,9H2,2-5H3/b21-12-/t23-/m0/s1. The number of nitrogens with zero attached hydrogens (tertiary/aromatic N) is 2. The Morgan fingerprint density at radius 3 is 2.61 bits per heavy atom. The highest BCUT2D eigenvalue weighted by atomic mass is 79.9. The average Bonchev–Trinajstić information content (AvgIpc) is 3.20. The zero-order valence-electron chi connectivity index (χ0n) is 21.0. The molecular weight excluding hydrogens is 596 g/mol. The van der Waals surface area contributed by atoms with Crippen LogP contribution in [0, 0.1) is 0 Å². The first-order chi connectivity index (χ1) is 18.2. The van der Waals surface area contributed by atoms with Crippen molar-refractivity contribution in [2.75, 3.05) is 27.9 Å². The van der Waals surface area contributed by atoms with E-state index in [-0.39, 0.29) is 11.1 Å². The van der Waals surface area contributed by atoms with Crippen molar-refractivity contribution in [3.05, 3.63) is 94.6 Å². The van der Waals surface area contributed by atoms with Crippen molar-refractivity contribution < 1.29 is 23.7 Å². The van der Waals surface area contributed by atoms with Crippen LogP contribution in [0.2, 0.25) is 5.02 Å². The Kier molecular flexibility index (Phi) is 8.44. The molecule has 1 atom stereocenters. The first kappa shape index (κ1) is 27.7. The largest absolute Gasteiger partial charge is 0.496 e. The maximum Gasteiger partial charge on any atom is 0.338 e. The number of methoxy groups -OCH3 is 3. The third-order valence-electron chi connectivity index (χ3n) is 5.81. The molecule has 0 saturated heterocycles. The van der Waals surface area contributed by atoms with Gasteiger partial charge in [-0.15, -0.1) is 0 Å². The molecular formula is C27H24BrClN2O6S. The van der Waals surface area contributed by atoms with E-state index in [1.54, 1.807) is 43.3 Å². The number of fused-ring (bicyclic) bond motifs is 1. The van der Waals surface area contributed by atoms with Crippen molar-refractivity contribution in [2.24, 2.45) is 4.99 Å². The Hall–Kier alpha value is -3.34. The lowest BCUT2D eigenvalue weighted by molar-refractivity contribution is -0.136. The normalized spacial score (nSPS) is 15.0. The number of thiazole rings is 1. The predicted molar refractivity (Wildman–Crippen MR) is 150 cm³/mol. The van der Waals surface area contributed by atoms with E-state index in [4.69, 9.17) is 30.5 Å². The third kappa shape index (κ3) is 5.16. The smallest absolute Gasteiger partial charge is 0.338 e. The second-order valence-electron chi connectivity index (χ2n) is 8.09. The molecule has 0 aliphatic carbocycles. The lowest BCUT2D eigenvalue weighted by Gasteiger charge is -2.25. The van der Waals surface area contributed by atoms with Crippen molar-refractivity contribution in [3.8, 4) is 17.2 Å². The van der Waals surface area contributed by atoms with Gasteiger partial charge < -0.3 is 18.9 Å². The summed E-state index contributed by atoms with van der Waals surface area (Å²) in [6.45, 7) is 5.68. The molecule has 0 saturated carbocycles. The van der Waals surface area contributed by atoms with Gasteiger partial charge in [-0.3, -0.25) is 9.36 Å². The summed E-state index contributed by atoms with van der Waals surface area (Å²) in [7, 11) is 4.34. The van der Waals surface area contributed by atoms with Crippen LogP contribution < -0.4 is 29.1 Å². The molecule has 1 aliphatic heterocycles. The number of aromatic nitrogens is 1. The SMILES string of the molecule is C=CCOc1c(Br)cc(/C=c2\sc3n(c2=O)[C@@H](c2cc(Cl)ccc2OC)C(C(=O)OC)=C(C)N=3)cc1OC. The number of carbonyl (C=O) groups excluding carboxylic acids is 1. The minimum Gasteiger partial charge on any atom is -0.496 e. The summed E-state index contributed by atoms with van der Waals surface area (Å²) in [6, 6.07) is 7.78. The molecule has 8 nitrogen and oxygen atoms in total. The fourth-order valence-electron chi connectivity index (χ4n) is 4.16. The topological polar surface area (TPSA) is 88.4 Å². The Bertz CT molecular complexity index is 1640. The number of hydrogen-bond acceptors (Lipinski definition) is 8. The van der Waals surface area contributed by atoms with Crippen molar-refractivity contribution in [1.29, 1.82) is 0 Å². The van der Waals surface area contributed by atoms with E-state index < -0.39 is 12.0 Å². The molecule has 2 heterocycles. The molecule has 38 heavy (non-hydrogen) atoms. The van der Waals surface area contributed by atoms with Crippen LogP contribution in [0.4, 0.5) is 0 Å². The first-order valence-corrected chi connectivity index (χ1v) is 13.3. The fourth-order valence-corrected chi connectivity index (χ4v) is 5.96. The van der Waals surface area contributed by atoms with Gasteiger partial charge in [0.15, 0.2) is 16.3 Å². The summed E-state index contributed by atoms with van der Waals surface area (Å²) < 4.78 is 24.4. The lowest BCUT2D eigenvalue weighted by atomic mass is 9.95. The Morgan fingerprint density at radius 2 is 1.95 bits per heavy atom. The molecule has 0 fully saturated rings. The molecule has 198 valence electrons. The van der Waals surface area contributed by atoms with E-state index in [1.165, 1.54) is 37.2 Å². The second-order valence-corrected chi connectivity index (χ2v) is 10.4. The van der Waals surface area contributed by atoms with Crippen molar-refractivity contribution in [2.45, 2.75) is 13.0 Å². The van der Waals surface area contributed by atoms with Crippen LogP contribution in [-0.2, 0) is 9.53 Å². The van der Waals surface area contributed by atoms with Crippen LogP contribution in [0.15, 0.2) is 68.5 Å². The number of benzene rings is 2. The van der Waals surface area contributed by atoms with Gasteiger partial charge in [0.2, 0.25) is 0 Å². The lowest BCUT2D eigenvalue weighted by Crippen LogP contribution is -2.40. The van der Waals surface area contributed by atoms with Gasteiger partial charge in [0.1, 0.15) is 18.4 Å². The van der Waals surface area contributed by atoms with Crippen molar-refractivity contribution >= 4 is 50.9 Å². The van der Waals surface area contributed by atoms with Gasteiger partial charge in [-0.1, -0.05) is 35.6 Å². The van der Waals surface area contributed by atoms with Crippen LogP contribution in [0.5, 0.6) is 17.2 Å².